The highest BCUT2D eigenvalue weighted by Gasteiger charge is 2.44. The van der Waals surface area contributed by atoms with Crippen molar-refractivity contribution in [3.8, 4) is 0 Å². The molecule has 0 saturated carbocycles. The van der Waals surface area contributed by atoms with Gasteiger partial charge in [0, 0.05) is 9.49 Å². The molecule has 2 heteroatoms. The van der Waals surface area contributed by atoms with Gasteiger partial charge in [0.15, 0.2) is 0 Å². The first-order chi connectivity index (χ1) is 7.06. The predicted molar refractivity (Wildman–Crippen MR) is 76.7 cm³/mol. The van der Waals surface area contributed by atoms with Gasteiger partial charge < -0.3 is 0 Å². The molecule has 0 aromatic rings. The van der Waals surface area contributed by atoms with Crippen LogP contribution in [0.4, 0.5) is 3.89 Å². The fourth-order valence-corrected chi connectivity index (χ4v) is 4.58. The monoisotopic (exact) mass is 244 g/mol. The standard InChI is InChI=1S/C14H25FS/c1-8-9-10-11-12-16(15,13(2,3)4)14(5,6)7/h8-12H,1H2,2-7H3/b10-9-,12-11+. The van der Waals surface area contributed by atoms with E-state index in [9.17, 15) is 0 Å². The lowest BCUT2D eigenvalue weighted by atomic mass is 10.2. The topological polar surface area (TPSA) is 0 Å². The zero-order chi connectivity index (χ0) is 13.0. The van der Waals surface area contributed by atoms with Crippen LogP contribution in [0.25, 0.3) is 0 Å². The van der Waals surface area contributed by atoms with Crippen LogP contribution in [-0.4, -0.2) is 9.49 Å². The van der Waals surface area contributed by atoms with Crippen molar-refractivity contribution in [3.05, 3.63) is 36.3 Å². The lowest BCUT2D eigenvalue weighted by Crippen LogP contribution is -2.33. The van der Waals surface area contributed by atoms with E-state index in [0.29, 0.717) is 0 Å². The van der Waals surface area contributed by atoms with Gasteiger partial charge in [-0.1, -0.05) is 41.3 Å². The second-order valence-electron chi connectivity index (χ2n) is 5.76. The lowest BCUT2D eigenvalue weighted by Gasteiger charge is -2.49. The molecule has 0 unspecified atom stereocenters. The maximum absolute atomic E-state index is 15.2. The Kier molecular flexibility index (Phi) is 5.06. The number of hydrogen-bond acceptors (Lipinski definition) is 0. The maximum Gasteiger partial charge on any atom is 0.0218 e. The SMILES string of the molecule is C=C/C=C\C=C\S(F)(C(C)(C)C)C(C)(C)C. The third kappa shape index (κ3) is 3.51. The summed E-state index contributed by atoms with van der Waals surface area (Å²) in [5, 5.41) is 1.74. The summed E-state index contributed by atoms with van der Waals surface area (Å²) in [6.45, 7) is 15.4. The second kappa shape index (κ2) is 5.22. The van der Waals surface area contributed by atoms with Gasteiger partial charge in [0.25, 0.3) is 0 Å². The minimum atomic E-state index is -2.32. The van der Waals surface area contributed by atoms with E-state index in [1.165, 1.54) is 0 Å². The average Bonchev–Trinajstić information content (AvgIpc) is 2.08. The van der Waals surface area contributed by atoms with Crippen molar-refractivity contribution in [1.82, 2.24) is 0 Å². The third-order valence-corrected chi connectivity index (χ3v) is 6.50. The van der Waals surface area contributed by atoms with Gasteiger partial charge in [-0.15, -0.1) is 0 Å². The number of rotatable bonds is 3. The first kappa shape index (κ1) is 15.5. The summed E-state index contributed by atoms with van der Waals surface area (Å²) < 4.78 is 14.5. The number of hydrogen-bond donors (Lipinski definition) is 0. The summed E-state index contributed by atoms with van der Waals surface area (Å²) >= 11 is 0. The van der Waals surface area contributed by atoms with Crippen LogP contribution < -0.4 is 0 Å². The number of halogens is 1. The molecule has 0 amide bonds. The van der Waals surface area contributed by atoms with Crippen LogP contribution in [0.2, 0.25) is 0 Å². The molecule has 0 aliphatic heterocycles. The van der Waals surface area contributed by atoms with E-state index >= 15 is 3.89 Å². The quantitative estimate of drug-likeness (QED) is 0.573. The zero-order valence-corrected chi connectivity index (χ0v) is 12.2. The van der Waals surface area contributed by atoms with Gasteiger partial charge in [0.1, 0.15) is 0 Å². The molecule has 0 saturated heterocycles. The van der Waals surface area contributed by atoms with Gasteiger partial charge in [-0.25, -0.2) is 0 Å². The van der Waals surface area contributed by atoms with E-state index < -0.39 is 10.4 Å². The molecule has 0 nitrogen and oxygen atoms in total. The molecule has 0 aliphatic rings. The Hall–Kier alpha value is -0.500. The Morgan fingerprint density at radius 1 is 0.875 bits per heavy atom. The predicted octanol–water partition coefficient (Wildman–Crippen LogP) is 5.53. The molecule has 0 aromatic heterocycles. The van der Waals surface area contributed by atoms with Crippen molar-refractivity contribution < 1.29 is 3.89 Å². The largest absolute Gasteiger partial charge is 0.184 e. The van der Waals surface area contributed by atoms with Gasteiger partial charge in [-0.3, -0.25) is 0 Å². The van der Waals surface area contributed by atoms with Crippen molar-refractivity contribution in [2.75, 3.05) is 0 Å². The Morgan fingerprint density at radius 2 is 1.31 bits per heavy atom. The molecular weight excluding hydrogens is 219 g/mol. The molecule has 0 aromatic carbocycles. The zero-order valence-electron chi connectivity index (χ0n) is 11.4. The van der Waals surface area contributed by atoms with Gasteiger partial charge >= 0.3 is 0 Å². The maximum atomic E-state index is 15.2. The van der Waals surface area contributed by atoms with Crippen LogP contribution in [0.5, 0.6) is 0 Å². The van der Waals surface area contributed by atoms with E-state index in [4.69, 9.17) is 0 Å². The van der Waals surface area contributed by atoms with Crippen molar-refractivity contribution in [3.63, 3.8) is 0 Å². The Morgan fingerprint density at radius 3 is 1.62 bits per heavy atom. The molecule has 0 heterocycles. The summed E-state index contributed by atoms with van der Waals surface area (Å²) in [6, 6.07) is 0. The van der Waals surface area contributed by atoms with Gasteiger partial charge in [0.05, 0.1) is 0 Å². The van der Waals surface area contributed by atoms with Crippen LogP contribution in [0, 0.1) is 0 Å². The van der Waals surface area contributed by atoms with Crippen LogP contribution in [0.1, 0.15) is 41.5 Å². The Bertz CT molecular complexity index is 273. The summed E-state index contributed by atoms with van der Waals surface area (Å²) in [7, 11) is -2.32. The Balaban J connectivity index is 5.21. The molecule has 0 rings (SSSR count). The van der Waals surface area contributed by atoms with Crippen molar-refractivity contribution in [1.29, 1.82) is 0 Å². The van der Waals surface area contributed by atoms with Crippen LogP contribution in [0.15, 0.2) is 36.3 Å². The fourth-order valence-electron chi connectivity index (χ4n) is 1.62. The Labute approximate surface area is 102 Å². The van der Waals surface area contributed by atoms with Gasteiger partial charge in [-0.2, -0.15) is 3.89 Å². The summed E-state index contributed by atoms with van der Waals surface area (Å²) in [5.74, 6) is 0. The van der Waals surface area contributed by atoms with Gasteiger partial charge in [-0.05, 0) is 47.0 Å². The minimum absolute atomic E-state index is 0.343. The lowest BCUT2D eigenvalue weighted by molar-refractivity contribution is 0.653. The highest BCUT2D eigenvalue weighted by Crippen LogP contribution is 2.70. The first-order valence-electron chi connectivity index (χ1n) is 5.54. The number of allylic oxidation sites excluding steroid dienone is 4. The second-order valence-corrected chi connectivity index (χ2v) is 9.64. The van der Waals surface area contributed by atoms with E-state index in [0.717, 1.165) is 0 Å². The van der Waals surface area contributed by atoms with Crippen LogP contribution in [-0.2, 0) is 0 Å². The van der Waals surface area contributed by atoms with E-state index in [2.05, 4.69) is 6.58 Å². The molecule has 0 N–H and O–H groups in total. The van der Waals surface area contributed by atoms with Crippen molar-refractivity contribution in [2.24, 2.45) is 0 Å². The summed E-state index contributed by atoms with van der Waals surface area (Å²) in [6.07, 6.45) is 7.12. The minimum Gasteiger partial charge on any atom is -0.184 e. The van der Waals surface area contributed by atoms with E-state index in [1.807, 2.05) is 53.7 Å². The summed E-state index contributed by atoms with van der Waals surface area (Å²) in [4.78, 5) is 0. The molecule has 0 radical (unpaired) electrons. The fraction of sp³-hybridized carbons (Fsp3) is 0.571. The molecular formula is C14H25FS. The summed E-state index contributed by atoms with van der Waals surface area (Å²) in [5.41, 5.74) is 0. The third-order valence-electron chi connectivity index (χ3n) is 2.41. The van der Waals surface area contributed by atoms with Crippen molar-refractivity contribution >= 4 is 10.4 Å². The highest BCUT2D eigenvalue weighted by molar-refractivity contribution is 8.34. The molecule has 0 bridgehead atoms. The van der Waals surface area contributed by atoms with Crippen LogP contribution in [0.3, 0.4) is 0 Å². The van der Waals surface area contributed by atoms with Crippen LogP contribution >= 0.6 is 10.4 Å². The first-order valence-corrected chi connectivity index (χ1v) is 7.14. The average molecular weight is 244 g/mol. The molecule has 0 fully saturated rings. The molecule has 94 valence electrons. The normalized spacial score (nSPS) is 15.9. The van der Waals surface area contributed by atoms with Gasteiger partial charge in [0.2, 0.25) is 0 Å². The molecule has 0 aliphatic carbocycles. The van der Waals surface area contributed by atoms with E-state index in [1.54, 1.807) is 17.6 Å². The molecule has 0 spiro atoms. The molecule has 0 atom stereocenters. The highest BCUT2D eigenvalue weighted by atomic mass is 32.3. The smallest absolute Gasteiger partial charge is 0.0218 e. The molecule has 16 heavy (non-hydrogen) atoms. The van der Waals surface area contributed by atoms with E-state index in [-0.39, 0.29) is 9.49 Å². The van der Waals surface area contributed by atoms with Crippen molar-refractivity contribution in [2.45, 2.75) is 51.0 Å².